The van der Waals surface area contributed by atoms with Crippen molar-refractivity contribution in [1.82, 2.24) is 14.6 Å². The predicted octanol–water partition coefficient (Wildman–Crippen LogP) is 2.11. The fourth-order valence-electron chi connectivity index (χ4n) is 3.83. The number of methoxy groups -OCH3 is 1. The van der Waals surface area contributed by atoms with Crippen molar-refractivity contribution in [3.63, 3.8) is 0 Å². The number of hydrogen-bond donors (Lipinski definition) is 1. The molecule has 1 aromatic carbocycles. The lowest BCUT2D eigenvalue weighted by atomic mass is 9.94. The maximum absolute atomic E-state index is 14.7. The summed E-state index contributed by atoms with van der Waals surface area (Å²) in [4.78, 5) is 23.0. The number of hydrogen-bond acceptors (Lipinski definition) is 8. The number of fused-ring (bicyclic) bond motifs is 1. The summed E-state index contributed by atoms with van der Waals surface area (Å²) in [5.74, 6) is -5.13. The van der Waals surface area contributed by atoms with Crippen LogP contribution >= 0.6 is 11.3 Å². The number of sulfonamides is 1. The Bertz CT molecular complexity index is 1250. The fourth-order valence-corrected chi connectivity index (χ4v) is 5.23. The lowest BCUT2D eigenvalue weighted by molar-refractivity contribution is -0.136. The van der Waals surface area contributed by atoms with Gasteiger partial charge in [0.1, 0.15) is 6.04 Å². The van der Waals surface area contributed by atoms with Gasteiger partial charge in [0.15, 0.2) is 28.3 Å². The molecule has 2 atom stereocenters. The van der Waals surface area contributed by atoms with E-state index in [4.69, 9.17) is 4.74 Å². The minimum absolute atomic E-state index is 0.0731. The van der Waals surface area contributed by atoms with Crippen molar-refractivity contribution >= 4 is 33.2 Å². The topological polar surface area (TPSA) is 101 Å². The molecule has 2 aliphatic rings. The van der Waals surface area contributed by atoms with E-state index >= 15 is 0 Å². The molecule has 1 N–H and O–H groups in total. The first kappa shape index (κ1) is 22.4. The van der Waals surface area contributed by atoms with Gasteiger partial charge in [-0.25, -0.2) is 36.1 Å². The first-order chi connectivity index (χ1) is 15.1. The highest BCUT2D eigenvalue weighted by Gasteiger charge is 2.43. The SMILES string of the molecule is COC(=O)C1=C2CC(NS(C)(=O)=O)CN2C(c2nccs2)=NC1c1ccc(F)c(F)c1F. The van der Waals surface area contributed by atoms with Gasteiger partial charge in [-0.15, -0.1) is 11.3 Å². The Morgan fingerprint density at radius 3 is 2.66 bits per heavy atom. The first-order valence-electron chi connectivity index (χ1n) is 9.28. The summed E-state index contributed by atoms with van der Waals surface area (Å²) < 4.78 is 73.2. The Hall–Kier alpha value is -2.77. The van der Waals surface area contributed by atoms with Gasteiger partial charge in [-0.3, -0.25) is 4.99 Å². The maximum atomic E-state index is 14.7. The van der Waals surface area contributed by atoms with Crippen LogP contribution in [0, 0.1) is 17.5 Å². The molecule has 0 bridgehead atoms. The minimum Gasteiger partial charge on any atom is -0.466 e. The minimum atomic E-state index is -3.57. The molecular weight excluding hydrogens is 469 g/mol. The number of ether oxygens (including phenoxy) is 1. The van der Waals surface area contributed by atoms with Gasteiger partial charge in [-0.2, -0.15) is 0 Å². The molecule has 0 spiro atoms. The Morgan fingerprint density at radius 2 is 2.03 bits per heavy atom. The molecule has 0 aliphatic carbocycles. The van der Waals surface area contributed by atoms with Crippen molar-refractivity contribution in [2.24, 2.45) is 4.99 Å². The summed E-state index contributed by atoms with van der Waals surface area (Å²) in [6.45, 7) is 0.133. The highest BCUT2D eigenvalue weighted by molar-refractivity contribution is 7.88. The number of halogens is 3. The number of benzene rings is 1. The van der Waals surface area contributed by atoms with E-state index < -0.39 is 45.5 Å². The number of rotatable bonds is 5. The molecule has 0 saturated carbocycles. The van der Waals surface area contributed by atoms with Crippen molar-refractivity contribution in [3.05, 3.63) is 63.0 Å². The molecule has 32 heavy (non-hydrogen) atoms. The summed E-state index contributed by atoms with van der Waals surface area (Å²) in [5.41, 5.74) is -0.104. The average Bonchev–Trinajstić information content (AvgIpc) is 3.39. The molecule has 8 nitrogen and oxygen atoms in total. The largest absolute Gasteiger partial charge is 0.466 e. The summed E-state index contributed by atoms with van der Waals surface area (Å²) in [7, 11) is -2.44. The number of esters is 1. The van der Waals surface area contributed by atoms with Gasteiger partial charge in [0.05, 0.1) is 18.9 Å². The number of thiazole rings is 1. The zero-order chi connectivity index (χ0) is 23.2. The molecule has 1 saturated heterocycles. The van der Waals surface area contributed by atoms with Crippen molar-refractivity contribution in [2.75, 3.05) is 19.9 Å². The van der Waals surface area contributed by atoms with Crippen LogP contribution in [0.3, 0.4) is 0 Å². The van der Waals surface area contributed by atoms with Crippen LogP contribution in [0.25, 0.3) is 0 Å². The smallest absolute Gasteiger partial charge is 0.338 e. The summed E-state index contributed by atoms with van der Waals surface area (Å²) in [6.07, 6.45) is 2.61. The number of carbonyl (C=O) groups is 1. The number of carbonyl (C=O) groups excluding carboxylic acids is 1. The van der Waals surface area contributed by atoms with Gasteiger partial charge in [-0.05, 0) is 6.07 Å². The molecule has 4 rings (SSSR count). The molecular formula is C19H17F3N4O4S2. The van der Waals surface area contributed by atoms with E-state index in [1.807, 2.05) is 0 Å². The molecule has 3 heterocycles. The van der Waals surface area contributed by atoms with Crippen LogP contribution in [0.15, 0.2) is 40.0 Å². The van der Waals surface area contributed by atoms with Crippen LogP contribution in [0.2, 0.25) is 0 Å². The summed E-state index contributed by atoms with van der Waals surface area (Å²) in [6, 6.07) is -0.194. The van der Waals surface area contributed by atoms with E-state index in [9.17, 15) is 26.4 Å². The Kier molecular flexibility index (Phi) is 5.81. The number of nitrogens with one attached hydrogen (secondary N) is 1. The van der Waals surface area contributed by atoms with Crippen LogP contribution in [-0.4, -0.2) is 56.1 Å². The van der Waals surface area contributed by atoms with Crippen LogP contribution in [0.1, 0.15) is 23.0 Å². The van der Waals surface area contributed by atoms with Gasteiger partial charge in [0.25, 0.3) is 0 Å². The fraction of sp³-hybridized carbons (Fsp3) is 0.316. The van der Waals surface area contributed by atoms with Crippen LogP contribution in [0.4, 0.5) is 13.2 Å². The normalized spacial score (nSPS) is 20.9. The van der Waals surface area contributed by atoms with Gasteiger partial charge in [0.2, 0.25) is 10.0 Å². The van der Waals surface area contributed by atoms with E-state index in [0.29, 0.717) is 10.7 Å². The van der Waals surface area contributed by atoms with E-state index in [1.165, 1.54) is 17.5 Å². The Balaban J connectivity index is 1.92. The highest BCUT2D eigenvalue weighted by atomic mass is 32.2. The zero-order valence-electron chi connectivity index (χ0n) is 16.8. The lowest BCUT2D eigenvalue weighted by Gasteiger charge is -2.31. The second-order valence-electron chi connectivity index (χ2n) is 7.21. The van der Waals surface area contributed by atoms with Crippen LogP contribution in [-0.2, 0) is 19.6 Å². The molecule has 2 aliphatic heterocycles. The molecule has 2 aromatic rings. The van der Waals surface area contributed by atoms with Crippen molar-refractivity contribution < 1.29 is 31.1 Å². The molecule has 170 valence electrons. The van der Waals surface area contributed by atoms with Crippen molar-refractivity contribution in [2.45, 2.75) is 18.5 Å². The average molecular weight is 486 g/mol. The molecule has 1 aromatic heterocycles. The maximum Gasteiger partial charge on any atom is 0.338 e. The summed E-state index contributed by atoms with van der Waals surface area (Å²) >= 11 is 1.23. The summed E-state index contributed by atoms with van der Waals surface area (Å²) in [5, 5.41) is 2.12. The van der Waals surface area contributed by atoms with E-state index in [1.54, 1.807) is 10.3 Å². The lowest BCUT2D eigenvalue weighted by Crippen LogP contribution is -2.39. The Morgan fingerprint density at radius 1 is 1.28 bits per heavy atom. The van der Waals surface area contributed by atoms with Gasteiger partial charge in [0, 0.05) is 41.8 Å². The van der Waals surface area contributed by atoms with Crippen molar-refractivity contribution in [3.8, 4) is 0 Å². The third-order valence-electron chi connectivity index (χ3n) is 5.03. The van der Waals surface area contributed by atoms with Crippen LogP contribution < -0.4 is 4.72 Å². The molecule has 0 amide bonds. The zero-order valence-corrected chi connectivity index (χ0v) is 18.4. The van der Waals surface area contributed by atoms with E-state index in [-0.39, 0.29) is 29.9 Å². The van der Waals surface area contributed by atoms with Crippen LogP contribution in [0.5, 0.6) is 0 Å². The van der Waals surface area contributed by atoms with Gasteiger partial charge in [-0.1, -0.05) is 6.07 Å². The molecule has 2 unspecified atom stereocenters. The van der Waals surface area contributed by atoms with E-state index in [2.05, 4.69) is 14.7 Å². The number of amidine groups is 1. The highest BCUT2D eigenvalue weighted by Crippen LogP contribution is 2.41. The molecule has 0 radical (unpaired) electrons. The third kappa shape index (κ3) is 4.02. The first-order valence-corrected chi connectivity index (χ1v) is 12.0. The van der Waals surface area contributed by atoms with E-state index in [0.717, 1.165) is 25.5 Å². The van der Waals surface area contributed by atoms with Gasteiger partial charge >= 0.3 is 5.97 Å². The predicted molar refractivity (Wildman–Crippen MR) is 110 cm³/mol. The van der Waals surface area contributed by atoms with Gasteiger partial charge < -0.3 is 9.64 Å². The second kappa shape index (κ2) is 8.30. The standard InChI is InChI=1S/C19H17F3N4O4S2/c1-30-19(27)13-12-7-9(25-32(2,28)29)8-26(12)17(18-23-5-6-31-18)24-16(13)10-3-4-11(20)15(22)14(10)21/h3-6,9,16,25H,7-8H2,1-2H3. The van der Waals surface area contributed by atoms with Crippen molar-refractivity contribution in [1.29, 1.82) is 0 Å². The number of nitrogens with zero attached hydrogens (tertiary/aromatic N) is 3. The molecule has 13 heteroatoms. The molecule has 1 fully saturated rings. The number of aliphatic imine (C=N–C) groups is 1. The quantitative estimate of drug-likeness (QED) is 0.513. The Labute approximate surface area is 185 Å². The number of aromatic nitrogens is 1. The third-order valence-corrected chi connectivity index (χ3v) is 6.56. The monoisotopic (exact) mass is 486 g/mol. The second-order valence-corrected chi connectivity index (χ2v) is 9.89.